The molecule has 1 atom stereocenters. The molecule has 0 aromatic heterocycles. The molecule has 1 aromatic carbocycles. The van der Waals surface area contributed by atoms with Gasteiger partial charge in [-0.15, -0.1) is 0 Å². The molecular formula is C23H37NO3. The van der Waals surface area contributed by atoms with Crippen molar-refractivity contribution in [2.75, 3.05) is 26.2 Å². The Labute approximate surface area is 164 Å². The smallest absolute Gasteiger partial charge is 0.343 e. The molecule has 0 aliphatic heterocycles. The molecule has 1 N–H and O–H groups in total. The standard InChI is InChI=1S/C23H37NO3/c1-6-24(7-2)13-14-27-22(25)23(26,20-11-9-8-10-12-20)21-15-17(3)19(5)18(4)16-21/h15-16,20,26H,6-14H2,1-5H3. The number of carbonyl (C=O) groups is 1. The van der Waals surface area contributed by atoms with E-state index in [2.05, 4.69) is 25.7 Å². The normalized spacial score (nSPS) is 17.7. The number of hydrogen-bond donors (Lipinski definition) is 1. The molecule has 2 rings (SSSR count). The van der Waals surface area contributed by atoms with Crippen LogP contribution < -0.4 is 0 Å². The second kappa shape index (κ2) is 9.70. The van der Waals surface area contributed by atoms with E-state index in [4.69, 9.17) is 4.74 Å². The molecule has 0 radical (unpaired) electrons. The van der Waals surface area contributed by atoms with E-state index in [9.17, 15) is 9.90 Å². The first kappa shape index (κ1) is 21.9. The third-order valence-corrected chi connectivity index (χ3v) is 6.41. The first-order valence-corrected chi connectivity index (χ1v) is 10.5. The van der Waals surface area contributed by atoms with Gasteiger partial charge in [-0.1, -0.05) is 45.2 Å². The molecule has 0 spiro atoms. The highest BCUT2D eigenvalue weighted by molar-refractivity contribution is 5.82. The molecular weight excluding hydrogens is 338 g/mol. The van der Waals surface area contributed by atoms with E-state index in [-0.39, 0.29) is 5.92 Å². The zero-order valence-corrected chi connectivity index (χ0v) is 17.8. The van der Waals surface area contributed by atoms with E-state index < -0.39 is 11.6 Å². The van der Waals surface area contributed by atoms with Crippen molar-refractivity contribution in [3.05, 3.63) is 34.4 Å². The lowest BCUT2D eigenvalue weighted by molar-refractivity contribution is -0.176. The summed E-state index contributed by atoms with van der Waals surface area (Å²) in [6.07, 6.45) is 5.03. The average Bonchev–Trinajstić information content (AvgIpc) is 2.68. The quantitative estimate of drug-likeness (QED) is 0.690. The Morgan fingerprint density at radius 2 is 1.67 bits per heavy atom. The van der Waals surface area contributed by atoms with Crippen LogP contribution in [0.1, 0.15) is 68.2 Å². The third kappa shape index (κ3) is 4.91. The zero-order chi connectivity index (χ0) is 20.0. The molecule has 1 aliphatic carbocycles. The lowest BCUT2D eigenvalue weighted by Gasteiger charge is -2.37. The van der Waals surface area contributed by atoms with Gasteiger partial charge in [0.25, 0.3) is 0 Å². The van der Waals surface area contributed by atoms with Crippen LogP contribution in [0.2, 0.25) is 0 Å². The van der Waals surface area contributed by atoms with Crippen molar-refractivity contribution in [2.45, 2.75) is 72.3 Å². The minimum atomic E-state index is -1.55. The number of aliphatic hydroxyl groups is 1. The summed E-state index contributed by atoms with van der Waals surface area (Å²) in [6.45, 7) is 13.2. The van der Waals surface area contributed by atoms with E-state index >= 15 is 0 Å². The number of ether oxygens (including phenoxy) is 1. The average molecular weight is 376 g/mol. The van der Waals surface area contributed by atoms with Crippen molar-refractivity contribution in [3.63, 3.8) is 0 Å². The van der Waals surface area contributed by atoms with Gasteiger partial charge in [0, 0.05) is 12.5 Å². The van der Waals surface area contributed by atoms with Crippen molar-refractivity contribution in [3.8, 4) is 0 Å². The van der Waals surface area contributed by atoms with Crippen LogP contribution in [0.3, 0.4) is 0 Å². The van der Waals surface area contributed by atoms with E-state index in [1.807, 2.05) is 26.0 Å². The second-order valence-electron chi connectivity index (χ2n) is 8.00. The Balaban J connectivity index is 2.28. The Hall–Kier alpha value is -1.39. The second-order valence-corrected chi connectivity index (χ2v) is 8.00. The number of likely N-dealkylation sites (N-methyl/N-ethyl adjacent to an activating group) is 1. The summed E-state index contributed by atoms with van der Waals surface area (Å²) in [7, 11) is 0. The Bertz CT molecular complexity index is 610. The number of carbonyl (C=O) groups excluding carboxylic acids is 1. The van der Waals surface area contributed by atoms with Crippen LogP contribution in [0.15, 0.2) is 12.1 Å². The molecule has 27 heavy (non-hydrogen) atoms. The van der Waals surface area contributed by atoms with Gasteiger partial charge in [0.15, 0.2) is 5.60 Å². The van der Waals surface area contributed by atoms with Gasteiger partial charge < -0.3 is 14.7 Å². The topological polar surface area (TPSA) is 49.8 Å². The largest absolute Gasteiger partial charge is 0.462 e. The monoisotopic (exact) mass is 375 g/mol. The zero-order valence-electron chi connectivity index (χ0n) is 17.8. The van der Waals surface area contributed by atoms with Crippen LogP contribution in [-0.4, -0.2) is 42.2 Å². The molecule has 1 unspecified atom stereocenters. The molecule has 0 bridgehead atoms. The lowest BCUT2D eigenvalue weighted by Crippen LogP contribution is -2.46. The number of nitrogens with zero attached hydrogens (tertiary/aromatic N) is 1. The van der Waals surface area contributed by atoms with Crippen LogP contribution in [-0.2, 0) is 15.1 Å². The fraction of sp³-hybridized carbons (Fsp3) is 0.696. The van der Waals surface area contributed by atoms with E-state index in [0.717, 1.165) is 49.9 Å². The van der Waals surface area contributed by atoms with Crippen LogP contribution in [0.5, 0.6) is 0 Å². The van der Waals surface area contributed by atoms with Gasteiger partial charge in [-0.3, -0.25) is 0 Å². The predicted molar refractivity (Wildman–Crippen MR) is 110 cm³/mol. The Morgan fingerprint density at radius 3 is 2.19 bits per heavy atom. The van der Waals surface area contributed by atoms with Gasteiger partial charge in [0.2, 0.25) is 0 Å². The molecule has 0 saturated heterocycles. The van der Waals surface area contributed by atoms with Crippen LogP contribution >= 0.6 is 0 Å². The first-order chi connectivity index (χ1) is 12.8. The minimum absolute atomic E-state index is 0.0753. The number of hydrogen-bond acceptors (Lipinski definition) is 4. The summed E-state index contributed by atoms with van der Waals surface area (Å²) < 4.78 is 5.63. The van der Waals surface area contributed by atoms with Gasteiger partial charge >= 0.3 is 5.97 Å². The van der Waals surface area contributed by atoms with E-state index in [1.54, 1.807) is 0 Å². The molecule has 1 saturated carbocycles. The number of esters is 1. The maximum absolute atomic E-state index is 13.1. The van der Waals surface area contributed by atoms with Gasteiger partial charge in [0.1, 0.15) is 6.61 Å². The van der Waals surface area contributed by atoms with Gasteiger partial charge in [-0.25, -0.2) is 4.79 Å². The molecule has 4 nitrogen and oxygen atoms in total. The van der Waals surface area contributed by atoms with Crippen molar-refractivity contribution in [1.29, 1.82) is 0 Å². The maximum atomic E-state index is 13.1. The summed E-state index contributed by atoms with van der Waals surface area (Å²) in [4.78, 5) is 15.4. The van der Waals surface area contributed by atoms with E-state index in [0.29, 0.717) is 18.7 Å². The number of rotatable bonds is 8. The SMILES string of the molecule is CCN(CC)CCOC(=O)C(O)(c1cc(C)c(C)c(C)c1)C1CCCCC1. The first-order valence-electron chi connectivity index (χ1n) is 10.5. The van der Waals surface area contributed by atoms with Crippen molar-refractivity contribution in [1.82, 2.24) is 4.90 Å². The van der Waals surface area contributed by atoms with Gasteiger partial charge in [-0.2, -0.15) is 0 Å². The van der Waals surface area contributed by atoms with Gasteiger partial charge in [-0.05, 0) is 69.0 Å². The maximum Gasteiger partial charge on any atom is 0.343 e. The van der Waals surface area contributed by atoms with Gasteiger partial charge in [0.05, 0.1) is 0 Å². The molecule has 152 valence electrons. The summed E-state index contributed by atoms with van der Waals surface area (Å²) in [5, 5.41) is 11.7. The summed E-state index contributed by atoms with van der Waals surface area (Å²) in [5.74, 6) is -0.557. The summed E-state index contributed by atoms with van der Waals surface area (Å²) in [5.41, 5.74) is 2.57. The Kier molecular flexibility index (Phi) is 7.87. The minimum Gasteiger partial charge on any atom is -0.462 e. The predicted octanol–water partition coefficient (Wildman–Crippen LogP) is 4.26. The fourth-order valence-corrected chi connectivity index (χ4v) is 4.21. The molecule has 0 amide bonds. The molecule has 1 aliphatic rings. The summed E-state index contributed by atoms with van der Waals surface area (Å²) >= 11 is 0. The van der Waals surface area contributed by atoms with Crippen LogP contribution in [0, 0.1) is 26.7 Å². The number of aryl methyl sites for hydroxylation is 2. The van der Waals surface area contributed by atoms with Crippen molar-refractivity contribution < 1.29 is 14.6 Å². The van der Waals surface area contributed by atoms with Crippen LogP contribution in [0.4, 0.5) is 0 Å². The highest BCUT2D eigenvalue weighted by Crippen LogP contribution is 2.41. The highest BCUT2D eigenvalue weighted by Gasteiger charge is 2.47. The van der Waals surface area contributed by atoms with Crippen LogP contribution in [0.25, 0.3) is 0 Å². The van der Waals surface area contributed by atoms with E-state index in [1.165, 1.54) is 12.0 Å². The fourth-order valence-electron chi connectivity index (χ4n) is 4.21. The third-order valence-electron chi connectivity index (χ3n) is 6.41. The Morgan fingerprint density at radius 1 is 1.11 bits per heavy atom. The molecule has 1 aromatic rings. The summed E-state index contributed by atoms with van der Waals surface area (Å²) in [6, 6.07) is 3.95. The molecule has 0 heterocycles. The molecule has 1 fully saturated rings. The number of benzene rings is 1. The molecule has 4 heteroatoms. The van der Waals surface area contributed by atoms with Crippen molar-refractivity contribution in [2.24, 2.45) is 5.92 Å². The highest BCUT2D eigenvalue weighted by atomic mass is 16.5. The lowest BCUT2D eigenvalue weighted by atomic mass is 9.72. The van der Waals surface area contributed by atoms with Crippen molar-refractivity contribution >= 4 is 5.97 Å².